The highest BCUT2D eigenvalue weighted by molar-refractivity contribution is 6.30. The Bertz CT molecular complexity index is 1670. The lowest BCUT2D eigenvalue weighted by Gasteiger charge is -2.26. The average Bonchev–Trinajstić information content (AvgIpc) is 3.42. The number of nitrogens with two attached hydrogens (primary N) is 1. The van der Waals surface area contributed by atoms with Gasteiger partial charge in [-0.05, 0) is 92.9 Å². The van der Waals surface area contributed by atoms with E-state index in [0.29, 0.717) is 34.5 Å². The van der Waals surface area contributed by atoms with Crippen molar-refractivity contribution < 1.29 is 35.8 Å². The van der Waals surface area contributed by atoms with E-state index in [0.717, 1.165) is 41.1 Å². The van der Waals surface area contributed by atoms with Gasteiger partial charge in [0.2, 0.25) is 6.41 Å². The molecule has 278 valence electrons. The van der Waals surface area contributed by atoms with Crippen LogP contribution in [0.2, 0.25) is 10.0 Å². The van der Waals surface area contributed by atoms with E-state index in [4.69, 9.17) is 38.4 Å². The number of methoxy groups -OCH3 is 2. The van der Waals surface area contributed by atoms with Crippen LogP contribution in [-0.4, -0.2) is 53.0 Å². The van der Waals surface area contributed by atoms with Gasteiger partial charge in [-0.15, -0.1) is 0 Å². The van der Waals surface area contributed by atoms with Crippen molar-refractivity contribution in [3.8, 4) is 0 Å². The normalized spacial score (nSPS) is 13.9. The first-order valence-corrected chi connectivity index (χ1v) is 16.1. The second-order valence-corrected chi connectivity index (χ2v) is 12.2. The summed E-state index contributed by atoms with van der Waals surface area (Å²) < 4.78 is 85.8. The Balaban J connectivity index is 0.000000230. The molecule has 1 aliphatic rings. The molecule has 1 aliphatic heterocycles. The third-order valence-corrected chi connectivity index (χ3v) is 7.88. The van der Waals surface area contributed by atoms with Crippen molar-refractivity contribution in [1.29, 1.82) is 0 Å². The lowest BCUT2D eigenvalue weighted by Crippen LogP contribution is -2.44. The van der Waals surface area contributed by atoms with E-state index in [1.807, 2.05) is 48.2 Å². The summed E-state index contributed by atoms with van der Waals surface area (Å²) in [5, 5.41) is 10.4. The number of nitrogens with zero attached hydrogens (tertiary/aromatic N) is 2. The molecule has 5 N–H and O–H groups in total. The molecule has 0 saturated heterocycles. The van der Waals surface area contributed by atoms with Crippen molar-refractivity contribution in [2.24, 2.45) is 0 Å². The predicted octanol–water partition coefficient (Wildman–Crippen LogP) is 8.97. The maximum absolute atomic E-state index is 12.8. The first-order valence-electron chi connectivity index (χ1n) is 15.3. The van der Waals surface area contributed by atoms with E-state index < -0.39 is 23.5 Å². The highest BCUT2D eigenvalue weighted by Gasteiger charge is 2.34. The molecule has 0 aromatic heterocycles. The molecule has 0 amide bonds. The van der Waals surface area contributed by atoms with Crippen molar-refractivity contribution >= 4 is 46.0 Å². The molecule has 8 nitrogen and oxygen atoms in total. The molecule has 0 bridgehead atoms. The number of nitrogen functional groups attached to an aromatic ring is 1. The third-order valence-electron chi connectivity index (χ3n) is 7.38. The van der Waals surface area contributed by atoms with Crippen molar-refractivity contribution in [3.63, 3.8) is 0 Å². The fourth-order valence-electron chi connectivity index (χ4n) is 4.85. The molecule has 5 rings (SSSR count). The number of alkyl halides is 6. The molecule has 51 heavy (non-hydrogen) atoms. The lowest BCUT2D eigenvalue weighted by atomic mass is 10.1. The number of halogens is 8. The zero-order valence-electron chi connectivity index (χ0n) is 28.5. The Morgan fingerprint density at radius 1 is 0.804 bits per heavy atom. The topological polar surface area (TPSA) is 87.1 Å². The SMILES string of the molecule is CNC1Nc2cc(C(F)(F)F)ccc2N1Cc1ccc(Cl)cc1.COC(OC)N(C)C.Nc1cc(C(F)(F)F)ccc1NCc1ccc(Cl)cc1. The number of nitrogens with one attached hydrogen (secondary N) is 3. The van der Waals surface area contributed by atoms with E-state index >= 15 is 0 Å². The van der Waals surface area contributed by atoms with Gasteiger partial charge in [-0.2, -0.15) is 26.3 Å². The summed E-state index contributed by atoms with van der Waals surface area (Å²) in [6, 6.07) is 21.5. The third kappa shape index (κ3) is 12.4. The van der Waals surface area contributed by atoms with Crippen molar-refractivity contribution in [3.05, 3.63) is 117 Å². The molecule has 16 heteroatoms. The van der Waals surface area contributed by atoms with Crippen LogP contribution in [0.4, 0.5) is 49.1 Å². The van der Waals surface area contributed by atoms with Crippen molar-refractivity contribution in [1.82, 2.24) is 10.2 Å². The van der Waals surface area contributed by atoms with E-state index in [9.17, 15) is 26.3 Å². The minimum absolute atomic E-state index is 0.0637. The van der Waals surface area contributed by atoms with E-state index in [1.54, 1.807) is 45.5 Å². The molecular formula is C35H40Cl2F6N6O2. The maximum atomic E-state index is 12.8. The number of ether oxygens (including phenoxy) is 2. The molecule has 1 unspecified atom stereocenters. The van der Waals surface area contributed by atoms with E-state index in [1.165, 1.54) is 12.1 Å². The molecule has 4 aromatic rings. The summed E-state index contributed by atoms with van der Waals surface area (Å²) in [7, 11) is 8.74. The van der Waals surface area contributed by atoms with Crippen LogP contribution in [0.15, 0.2) is 84.9 Å². The standard InChI is InChI=1S/C16H15ClF3N3.C14H12ClF3N2.C5H13NO2/c1-21-15-22-13-8-11(16(18,19)20)4-7-14(13)23(15)9-10-2-5-12(17)6-3-10;15-11-4-1-9(2-5-11)8-20-13-6-3-10(7-12(13)19)14(16,17)18;1-6(2)5(7-3)8-4/h2-8,15,21-22H,9H2,1H3;1-7,20H,8,19H2;5H,1-4H3. The van der Waals surface area contributed by atoms with Gasteiger partial charge in [0.25, 0.3) is 0 Å². The number of anilines is 4. The molecular weight excluding hydrogens is 721 g/mol. The van der Waals surface area contributed by atoms with E-state index in [2.05, 4.69) is 16.0 Å². The van der Waals surface area contributed by atoms with Crippen LogP contribution in [0.1, 0.15) is 22.3 Å². The quantitative estimate of drug-likeness (QED) is 0.0765. The molecule has 0 saturated carbocycles. The van der Waals surface area contributed by atoms with Gasteiger partial charge in [0.15, 0.2) is 6.29 Å². The second-order valence-electron chi connectivity index (χ2n) is 11.3. The number of rotatable bonds is 9. The van der Waals surface area contributed by atoms with Gasteiger partial charge < -0.3 is 30.7 Å². The van der Waals surface area contributed by atoms with Crippen LogP contribution in [0, 0.1) is 0 Å². The Morgan fingerprint density at radius 3 is 1.76 bits per heavy atom. The predicted molar refractivity (Wildman–Crippen MR) is 192 cm³/mol. The molecule has 0 aliphatic carbocycles. The molecule has 0 fully saturated rings. The first kappa shape index (κ1) is 41.5. The van der Waals surface area contributed by atoms with Gasteiger partial charge in [-0.25, -0.2) is 0 Å². The zero-order chi connectivity index (χ0) is 37.9. The molecule has 0 spiro atoms. The minimum Gasteiger partial charge on any atom is -0.397 e. The number of hydrogen-bond donors (Lipinski definition) is 4. The fraction of sp³-hybridized carbons (Fsp3) is 0.314. The Morgan fingerprint density at radius 2 is 1.31 bits per heavy atom. The minimum atomic E-state index is -4.39. The summed E-state index contributed by atoms with van der Waals surface area (Å²) in [5.74, 6) is 0. The monoisotopic (exact) mass is 760 g/mol. The summed E-state index contributed by atoms with van der Waals surface area (Å²) >= 11 is 11.6. The van der Waals surface area contributed by atoms with Gasteiger partial charge in [0, 0.05) is 37.4 Å². The van der Waals surface area contributed by atoms with Gasteiger partial charge >= 0.3 is 12.4 Å². The van der Waals surface area contributed by atoms with Crippen LogP contribution >= 0.6 is 23.2 Å². The largest absolute Gasteiger partial charge is 0.416 e. The smallest absolute Gasteiger partial charge is 0.397 e. The Labute approximate surface area is 303 Å². The highest BCUT2D eigenvalue weighted by Crippen LogP contribution is 2.40. The number of hydrogen-bond acceptors (Lipinski definition) is 8. The van der Waals surface area contributed by atoms with Crippen molar-refractivity contribution in [2.45, 2.75) is 38.1 Å². The summed E-state index contributed by atoms with van der Waals surface area (Å²) in [6.07, 6.45) is -9.22. The van der Waals surface area contributed by atoms with Gasteiger partial charge in [0.1, 0.15) is 0 Å². The molecule has 4 aromatic carbocycles. The molecule has 1 atom stereocenters. The molecule has 0 radical (unpaired) electrons. The van der Waals surface area contributed by atoms with Gasteiger partial charge in [-0.1, -0.05) is 47.5 Å². The molecule has 1 heterocycles. The van der Waals surface area contributed by atoms with Crippen LogP contribution in [-0.2, 0) is 34.9 Å². The first-order chi connectivity index (χ1) is 24.0. The summed E-state index contributed by atoms with van der Waals surface area (Å²) in [6.45, 7) is 1.00. The van der Waals surface area contributed by atoms with E-state index in [-0.39, 0.29) is 18.4 Å². The van der Waals surface area contributed by atoms with Crippen molar-refractivity contribution in [2.75, 3.05) is 56.6 Å². The summed E-state index contributed by atoms with van der Waals surface area (Å²) in [5.41, 5.74) is 7.90. The lowest BCUT2D eigenvalue weighted by molar-refractivity contribution is -0.179. The van der Waals surface area contributed by atoms with Crippen LogP contribution < -0.4 is 26.6 Å². The fourth-order valence-corrected chi connectivity index (χ4v) is 5.10. The summed E-state index contributed by atoms with van der Waals surface area (Å²) in [4.78, 5) is 3.80. The second kappa shape index (κ2) is 18.5. The Hall–Kier alpha value is -3.92. The van der Waals surface area contributed by atoms with Gasteiger partial charge in [-0.3, -0.25) is 10.2 Å². The Kier molecular flexibility index (Phi) is 15.1. The number of fused-ring (bicyclic) bond motifs is 1. The van der Waals surface area contributed by atoms with Crippen LogP contribution in [0.3, 0.4) is 0 Å². The number of benzene rings is 4. The zero-order valence-corrected chi connectivity index (χ0v) is 30.0. The highest BCUT2D eigenvalue weighted by atomic mass is 35.5. The van der Waals surface area contributed by atoms with Crippen LogP contribution in [0.25, 0.3) is 0 Å². The maximum Gasteiger partial charge on any atom is 0.416 e. The van der Waals surface area contributed by atoms with Gasteiger partial charge in [0.05, 0.1) is 33.9 Å². The average molecular weight is 762 g/mol. The van der Waals surface area contributed by atoms with Crippen LogP contribution in [0.5, 0.6) is 0 Å².